The van der Waals surface area contributed by atoms with Crippen LogP contribution in [0.1, 0.15) is 30.4 Å². The number of carbonyl (C=O) groups excluding carboxylic acids is 3. The molecule has 1 saturated carbocycles. The van der Waals surface area contributed by atoms with Crippen LogP contribution in [0.15, 0.2) is 60.7 Å². The van der Waals surface area contributed by atoms with Gasteiger partial charge in [-0.3, -0.25) is 4.79 Å². The zero-order valence-electron chi connectivity index (χ0n) is 16.0. The summed E-state index contributed by atoms with van der Waals surface area (Å²) in [4.78, 5) is 36.6. The van der Waals surface area contributed by atoms with Gasteiger partial charge in [-0.1, -0.05) is 60.7 Å². The van der Waals surface area contributed by atoms with Gasteiger partial charge in [0.2, 0.25) is 0 Å². The van der Waals surface area contributed by atoms with Crippen molar-refractivity contribution in [2.24, 2.45) is 0 Å². The molecule has 2 atom stereocenters. The molecule has 7 heteroatoms. The molecule has 7 nitrogen and oxygen atoms in total. The average molecular weight is 396 g/mol. The van der Waals surface area contributed by atoms with Crippen molar-refractivity contribution in [1.29, 1.82) is 0 Å². The molecule has 0 bridgehead atoms. The van der Waals surface area contributed by atoms with Crippen molar-refractivity contribution in [3.63, 3.8) is 0 Å². The number of hydrogen-bond acceptors (Lipinski definition) is 5. The van der Waals surface area contributed by atoms with Gasteiger partial charge >= 0.3 is 12.2 Å². The van der Waals surface area contributed by atoms with Gasteiger partial charge in [-0.2, -0.15) is 0 Å². The first kappa shape index (κ1) is 20.4. The lowest BCUT2D eigenvalue weighted by molar-refractivity contribution is -0.123. The van der Waals surface area contributed by atoms with Crippen LogP contribution in [0.3, 0.4) is 0 Å². The maximum absolute atomic E-state index is 12.3. The Bertz CT molecular complexity index is 826. The van der Waals surface area contributed by atoms with E-state index in [1.807, 2.05) is 60.7 Å². The lowest BCUT2D eigenvalue weighted by atomic mass is 9.89. The number of nitrogens with one attached hydrogen (secondary N) is 2. The minimum atomic E-state index is -0.837. The summed E-state index contributed by atoms with van der Waals surface area (Å²) in [6.45, 7) is 0.231. The molecule has 0 heterocycles. The highest BCUT2D eigenvalue weighted by Crippen LogP contribution is 2.17. The summed E-state index contributed by atoms with van der Waals surface area (Å²) in [6, 6.07) is 17.2. The second-order valence-electron chi connectivity index (χ2n) is 6.85. The maximum atomic E-state index is 12.3. The smallest absolute Gasteiger partial charge is 0.408 e. The van der Waals surface area contributed by atoms with Gasteiger partial charge in [-0.15, -0.1) is 0 Å². The molecule has 2 amide bonds. The van der Waals surface area contributed by atoms with Gasteiger partial charge in [-0.25, -0.2) is 9.59 Å². The number of benzene rings is 2. The second kappa shape index (κ2) is 10.3. The Kier molecular flexibility index (Phi) is 7.22. The fraction of sp³-hybridized carbons (Fsp3) is 0.318. The first-order valence-corrected chi connectivity index (χ1v) is 9.59. The van der Waals surface area contributed by atoms with Gasteiger partial charge in [0.05, 0.1) is 6.04 Å². The van der Waals surface area contributed by atoms with Crippen LogP contribution < -0.4 is 10.6 Å². The molecule has 0 aromatic heterocycles. The number of Topliss-reactive ketones (excluding diaryl/α,β-unsaturated/α-hetero) is 1. The predicted molar refractivity (Wildman–Crippen MR) is 106 cm³/mol. The van der Waals surface area contributed by atoms with E-state index in [-0.39, 0.29) is 19.0 Å². The van der Waals surface area contributed by atoms with Crippen LogP contribution in [-0.2, 0) is 27.5 Å². The predicted octanol–water partition coefficient (Wildman–Crippen LogP) is 3.33. The highest BCUT2D eigenvalue weighted by atomic mass is 16.6. The van der Waals surface area contributed by atoms with E-state index < -0.39 is 24.3 Å². The monoisotopic (exact) mass is 396 g/mol. The highest BCUT2D eigenvalue weighted by molar-refractivity contribution is 5.89. The van der Waals surface area contributed by atoms with Crippen molar-refractivity contribution in [2.45, 2.75) is 44.6 Å². The molecule has 3 rings (SSSR count). The van der Waals surface area contributed by atoms with E-state index >= 15 is 0 Å². The van der Waals surface area contributed by atoms with Crippen LogP contribution in [-0.4, -0.2) is 30.1 Å². The lowest BCUT2D eigenvalue weighted by Crippen LogP contribution is -2.57. The van der Waals surface area contributed by atoms with Crippen molar-refractivity contribution in [1.82, 2.24) is 10.6 Å². The number of carbonyl (C=O) groups is 3. The van der Waals surface area contributed by atoms with Crippen LogP contribution in [0, 0.1) is 0 Å². The number of hydrogen-bond donors (Lipinski definition) is 2. The molecule has 29 heavy (non-hydrogen) atoms. The molecule has 2 aromatic rings. The fourth-order valence-corrected chi connectivity index (χ4v) is 3.19. The molecule has 1 aliphatic rings. The Hall–Kier alpha value is -3.35. The van der Waals surface area contributed by atoms with E-state index in [0.717, 1.165) is 11.1 Å². The van der Waals surface area contributed by atoms with E-state index in [2.05, 4.69) is 10.6 Å². The topological polar surface area (TPSA) is 93.7 Å². The van der Waals surface area contributed by atoms with E-state index in [0.29, 0.717) is 19.3 Å². The van der Waals surface area contributed by atoms with E-state index in [4.69, 9.17) is 9.47 Å². The van der Waals surface area contributed by atoms with Gasteiger partial charge in [0, 0.05) is 6.42 Å². The molecule has 2 aromatic carbocycles. The van der Waals surface area contributed by atoms with E-state index in [9.17, 15) is 14.4 Å². The maximum Gasteiger partial charge on any atom is 0.408 e. The molecule has 1 fully saturated rings. The third-order valence-corrected chi connectivity index (χ3v) is 4.69. The van der Waals surface area contributed by atoms with E-state index in [1.54, 1.807) is 0 Å². The number of ketones is 1. The summed E-state index contributed by atoms with van der Waals surface area (Å²) in [5, 5.41) is 5.28. The second-order valence-corrected chi connectivity index (χ2v) is 6.85. The van der Waals surface area contributed by atoms with Crippen molar-refractivity contribution < 1.29 is 23.9 Å². The Labute approximate surface area is 169 Å². The van der Waals surface area contributed by atoms with Crippen molar-refractivity contribution in [3.05, 3.63) is 71.8 Å². The first-order chi connectivity index (χ1) is 14.1. The molecule has 0 spiro atoms. The largest absolute Gasteiger partial charge is 0.445 e. The number of alkyl carbamates (subject to hydrolysis) is 2. The summed E-state index contributed by atoms with van der Waals surface area (Å²) in [6.07, 6.45) is 0.229. The molecular formula is C22H24N2O5. The summed E-state index contributed by atoms with van der Waals surface area (Å²) < 4.78 is 10.4. The summed E-state index contributed by atoms with van der Waals surface area (Å²) >= 11 is 0. The molecular weight excluding hydrogens is 372 g/mol. The minimum Gasteiger partial charge on any atom is -0.445 e. The zero-order valence-corrected chi connectivity index (χ0v) is 16.0. The highest BCUT2D eigenvalue weighted by Gasteiger charge is 2.34. The Balaban J connectivity index is 1.50. The zero-order chi connectivity index (χ0) is 20.5. The van der Waals surface area contributed by atoms with Crippen molar-refractivity contribution >= 4 is 18.0 Å². The third kappa shape index (κ3) is 6.34. The van der Waals surface area contributed by atoms with Crippen LogP contribution >= 0.6 is 0 Å². The van der Waals surface area contributed by atoms with Crippen LogP contribution in [0.5, 0.6) is 0 Å². The van der Waals surface area contributed by atoms with Crippen molar-refractivity contribution in [3.8, 4) is 0 Å². The first-order valence-electron chi connectivity index (χ1n) is 9.59. The number of amides is 2. The lowest BCUT2D eigenvalue weighted by Gasteiger charge is -2.30. The molecule has 0 radical (unpaired) electrons. The minimum absolute atomic E-state index is 0.102. The van der Waals surface area contributed by atoms with Gasteiger partial charge in [0.15, 0.2) is 5.78 Å². The molecule has 152 valence electrons. The molecule has 0 saturated heterocycles. The van der Waals surface area contributed by atoms with Crippen molar-refractivity contribution in [2.75, 3.05) is 0 Å². The van der Waals surface area contributed by atoms with Gasteiger partial charge < -0.3 is 20.1 Å². The summed E-state index contributed by atoms with van der Waals surface area (Å²) in [5.74, 6) is -0.138. The fourth-order valence-electron chi connectivity index (χ4n) is 3.19. The standard InChI is InChI=1S/C22H24N2O5/c25-19-13-7-12-18(23-21(26)28-14-16-8-3-1-4-9-16)20(19)24-22(27)29-15-17-10-5-2-6-11-17/h1-6,8-11,18,20H,7,12-15H2,(H,23,26)(H,24,27). The summed E-state index contributed by atoms with van der Waals surface area (Å²) in [5.41, 5.74) is 1.71. The van der Waals surface area contributed by atoms with Crippen LogP contribution in [0.25, 0.3) is 0 Å². The third-order valence-electron chi connectivity index (χ3n) is 4.69. The van der Waals surface area contributed by atoms with Crippen LogP contribution in [0.4, 0.5) is 9.59 Å². The molecule has 0 aliphatic heterocycles. The SMILES string of the molecule is O=C(NC1CCCC(=O)C1NC(=O)OCc1ccccc1)OCc1ccccc1. The normalized spacial score (nSPS) is 18.6. The number of rotatable bonds is 6. The summed E-state index contributed by atoms with van der Waals surface area (Å²) in [7, 11) is 0. The number of ether oxygens (including phenoxy) is 2. The van der Waals surface area contributed by atoms with E-state index in [1.165, 1.54) is 0 Å². The molecule has 2 unspecified atom stereocenters. The Morgan fingerprint density at radius 1 is 0.828 bits per heavy atom. The van der Waals surface area contributed by atoms with Gasteiger partial charge in [-0.05, 0) is 24.0 Å². The Morgan fingerprint density at radius 3 is 1.90 bits per heavy atom. The van der Waals surface area contributed by atoms with Gasteiger partial charge in [0.1, 0.15) is 19.3 Å². The Morgan fingerprint density at radius 2 is 1.34 bits per heavy atom. The van der Waals surface area contributed by atoms with Gasteiger partial charge in [0.25, 0.3) is 0 Å². The quantitative estimate of drug-likeness (QED) is 0.781. The average Bonchev–Trinajstić information content (AvgIpc) is 2.75. The van der Waals surface area contributed by atoms with Crippen LogP contribution in [0.2, 0.25) is 0 Å². The molecule has 1 aliphatic carbocycles. The molecule has 2 N–H and O–H groups in total.